The summed E-state index contributed by atoms with van der Waals surface area (Å²) in [4.78, 5) is 0.325. The smallest absolute Gasteiger partial charge is 0.241 e. The van der Waals surface area contributed by atoms with Crippen molar-refractivity contribution in [2.24, 2.45) is 11.8 Å². The molecule has 0 aliphatic carbocycles. The summed E-state index contributed by atoms with van der Waals surface area (Å²) in [6, 6.07) is 15.2. The first kappa shape index (κ1) is 20.6. The van der Waals surface area contributed by atoms with Crippen molar-refractivity contribution < 1.29 is 8.42 Å². The Morgan fingerprint density at radius 2 is 1.46 bits per heavy atom. The summed E-state index contributed by atoms with van der Waals surface area (Å²) < 4.78 is 28.1. The summed E-state index contributed by atoms with van der Waals surface area (Å²) in [5.74, 6) is 0.874. The summed E-state index contributed by atoms with van der Waals surface area (Å²) in [6.07, 6.45) is 0. The second-order valence-corrected chi connectivity index (χ2v) is 9.20. The van der Waals surface area contributed by atoms with Crippen molar-refractivity contribution in [1.29, 1.82) is 0 Å². The van der Waals surface area contributed by atoms with Crippen LogP contribution >= 0.6 is 0 Å². The van der Waals surface area contributed by atoms with E-state index >= 15 is 0 Å². The highest BCUT2D eigenvalue weighted by molar-refractivity contribution is 7.89. The monoisotopic (exact) mass is 374 g/mol. The third-order valence-corrected chi connectivity index (χ3v) is 5.49. The lowest BCUT2D eigenvalue weighted by atomic mass is 10.0. The number of hydrogen-bond acceptors (Lipinski definition) is 3. The lowest BCUT2D eigenvalue weighted by Gasteiger charge is -2.13. The molecule has 142 valence electrons. The molecule has 0 atom stereocenters. The first-order valence-corrected chi connectivity index (χ1v) is 10.7. The van der Waals surface area contributed by atoms with Crippen LogP contribution < -0.4 is 10.0 Å². The molecule has 0 saturated carbocycles. The van der Waals surface area contributed by atoms with Gasteiger partial charge >= 0.3 is 0 Å². The van der Waals surface area contributed by atoms with Gasteiger partial charge in [-0.25, -0.2) is 13.1 Å². The van der Waals surface area contributed by atoms with Crippen LogP contribution in [0.15, 0.2) is 53.4 Å². The van der Waals surface area contributed by atoms with Gasteiger partial charge in [-0.15, -0.1) is 0 Å². The van der Waals surface area contributed by atoms with Gasteiger partial charge in [0.1, 0.15) is 0 Å². The highest BCUT2D eigenvalue weighted by atomic mass is 32.2. The molecule has 2 aromatic rings. The van der Waals surface area contributed by atoms with Gasteiger partial charge in [-0.3, -0.25) is 0 Å². The van der Waals surface area contributed by atoms with Crippen LogP contribution in [-0.2, 0) is 16.6 Å². The van der Waals surface area contributed by atoms with Gasteiger partial charge < -0.3 is 5.32 Å². The Morgan fingerprint density at radius 3 is 2.08 bits per heavy atom. The zero-order chi connectivity index (χ0) is 19.2. The van der Waals surface area contributed by atoms with Crippen LogP contribution in [-0.4, -0.2) is 21.5 Å². The van der Waals surface area contributed by atoms with Crippen LogP contribution in [0.25, 0.3) is 11.1 Å². The SMILES string of the molecule is CC(C)CNCc1ccc(-c2ccccc2S(=O)(=O)NCC(C)C)cc1. The minimum atomic E-state index is -3.53. The molecule has 0 fully saturated rings. The molecule has 2 N–H and O–H groups in total. The third kappa shape index (κ3) is 5.94. The number of benzene rings is 2. The predicted molar refractivity (Wildman–Crippen MR) is 108 cm³/mol. The van der Waals surface area contributed by atoms with Gasteiger partial charge in [0.25, 0.3) is 0 Å². The van der Waals surface area contributed by atoms with Gasteiger partial charge in [0.15, 0.2) is 0 Å². The maximum Gasteiger partial charge on any atom is 0.241 e. The molecule has 0 bridgehead atoms. The molecule has 5 heteroatoms. The Balaban J connectivity index is 2.21. The highest BCUT2D eigenvalue weighted by Crippen LogP contribution is 2.27. The van der Waals surface area contributed by atoms with Crippen molar-refractivity contribution in [3.05, 3.63) is 54.1 Å². The maximum atomic E-state index is 12.7. The van der Waals surface area contributed by atoms with E-state index in [-0.39, 0.29) is 5.92 Å². The first-order valence-electron chi connectivity index (χ1n) is 9.18. The molecule has 0 unspecified atom stereocenters. The van der Waals surface area contributed by atoms with Crippen molar-refractivity contribution in [1.82, 2.24) is 10.0 Å². The fourth-order valence-electron chi connectivity index (χ4n) is 2.60. The van der Waals surface area contributed by atoms with Gasteiger partial charge in [0.2, 0.25) is 10.0 Å². The molecule has 0 amide bonds. The Kier molecular flexibility index (Phi) is 7.38. The number of hydrogen-bond donors (Lipinski definition) is 2. The average Bonchev–Trinajstić information content (AvgIpc) is 2.60. The average molecular weight is 375 g/mol. The van der Waals surface area contributed by atoms with E-state index in [1.165, 1.54) is 5.56 Å². The van der Waals surface area contributed by atoms with E-state index in [1.807, 2.05) is 50.2 Å². The Bertz CT molecular complexity index is 797. The second-order valence-electron chi connectivity index (χ2n) is 7.46. The molecule has 0 radical (unpaired) electrons. The standard InChI is InChI=1S/C21H30N2O2S/c1-16(2)13-22-15-18-9-11-19(12-10-18)20-7-5-6-8-21(20)26(24,25)23-14-17(3)4/h5-12,16-17,22-23H,13-15H2,1-4H3. The van der Waals surface area contributed by atoms with E-state index in [0.717, 1.165) is 24.2 Å². The summed E-state index contributed by atoms with van der Waals surface area (Å²) in [5, 5.41) is 3.42. The molecule has 0 heterocycles. The topological polar surface area (TPSA) is 58.2 Å². The van der Waals surface area contributed by atoms with E-state index in [0.29, 0.717) is 17.4 Å². The molecule has 0 aliphatic heterocycles. The zero-order valence-electron chi connectivity index (χ0n) is 16.1. The summed E-state index contributed by atoms with van der Waals surface area (Å²) in [7, 11) is -3.53. The number of nitrogens with one attached hydrogen (secondary N) is 2. The Hall–Kier alpha value is -1.69. The zero-order valence-corrected chi connectivity index (χ0v) is 16.9. The highest BCUT2D eigenvalue weighted by Gasteiger charge is 2.19. The van der Waals surface area contributed by atoms with Crippen molar-refractivity contribution >= 4 is 10.0 Å². The molecular weight excluding hydrogens is 344 g/mol. The van der Waals surface area contributed by atoms with Gasteiger partial charge in [-0.2, -0.15) is 0 Å². The lowest BCUT2D eigenvalue weighted by Crippen LogP contribution is -2.27. The fourth-order valence-corrected chi connectivity index (χ4v) is 4.04. The molecule has 0 saturated heterocycles. The molecule has 4 nitrogen and oxygen atoms in total. The number of rotatable bonds is 9. The van der Waals surface area contributed by atoms with Crippen LogP contribution in [0.3, 0.4) is 0 Å². The molecular formula is C21H30N2O2S. The minimum absolute atomic E-state index is 0.259. The van der Waals surface area contributed by atoms with Crippen LogP contribution in [0.5, 0.6) is 0 Å². The van der Waals surface area contributed by atoms with E-state index < -0.39 is 10.0 Å². The predicted octanol–water partition coefficient (Wildman–Crippen LogP) is 4.03. The van der Waals surface area contributed by atoms with Crippen LogP contribution in [0.4, 0.5) is 0 Å². The third-order valence-electron chi connectivity index (χ3n) is 4.00. The summed E-state index contributed by atoms with van der Waals surface area (Å²) in [5.41, 5.74) is 2.82. The largest absolute Gasteiger partial charge is 0.312 e. The van der Waals surface area contributed by atoms with Gasteiger partial charge in [0.05, 0.1) is 4.90 Å². The van der Waals surface area contributed by atoms with Crippen molar-refractivity contribution in [3.8, 4) is 11.1 Å². The van der Waals surface area contributed by atoms with E-state index in [1.54, 1.807) is 12.1 Å². The first-order chi connectivity index (χ1) is 12.3. The van der Waals surface area contributed by atoms with Gasteiger partial charge in [0, 0.05) is 18.7 Å². The Labute approximate surface area is 158 Å². The van der Waals surface area contributed by atoms with Crippen LogP contribution in [0, 0.1) is 11.8 Å². The van der Waals surface area contributed by atoms with E-state index in [9.17, 15) is 8.42 Å². The molecule has 2 aromatic carbocycles. The van der Waals surface area contributed by atoms with Crippen LogP contribution in [0.2, 0.25) is 0 Å². The molecule has 0 aliphatic rings. The lowest BCUT2D eigenvalue weighted by molar-refractivity contribution is 0.552. The minimum Gasteiger partial charge on any atom is -0.312 e. The van der Waals surface area contributed by atoms with Crippen molar-refractivity contribution in [2.75, 3.05) is 13.1 Å². The van der Waals surface area contributed by atoms with Crippen molar-refractivity contribution in [2.45, 2.75) is 39.1 Å². The quantitative estimate of drug-likeness (QED) is 0.697. The molecule has 2 rings (SSSR count). The maximum absolute atomic E-state index is 12.7. The summed E-state index contributed by atoms with van der Waals surface area (Å²) in [6.45, 7) is 10.6. The molecule has 26 heavy (non-hydrogen) atoms. The van der Waals surface area contributed by atoms with E-state index in [2.05, 4.69) is 23.9 Å². The van der Waals surface area contributed by atoms with Gasteiger partial charge in [-0.05, 0) is 35.6 Å². The van der Waals surface area contributed by atoms with E-state index in [4.69, 9.17) is 0 Å². The molecule has 0 aromatic heterocycles. The van der Waals surface area contributed by atoms with Crippen molar-refractivity contribution in [3.63, 3.8) is 0 Å². The van der Waals surface area contributed by atoms with Crippen LogP contribution in [0.1, 0.15) is 33.3 Å². The molecule has 0 spiro atoms. The Morgan fingerprint density at radius 1 is 0.846 bits per heavy atom. The fraction of sp³-hybridized carbons (Fsp3) is 0.429. The second kappa shape index (κ2) is 9.31. The summed E-state index contributed by atoms with van der Waals surface area (Å²) >= 11 is 0. The number of sulfonamides is 1. The normalized spacial score (nSPS) is 12.1. The van der Waals surface area contributed by atoms with Gasteiger partial charge in [-0.1, -0.05) is 70.2 Å².